The first-order valence-electron chi connectivity index (χ1n) is 5.24. The maximum Gasteiger partial charge on any atom is 0.307 e. The summed E-state index contributed by atoms with van der Waals surface area (Å²) in [5, 5.41) is 8.92. The molecule has 3 heteroatoms. The lowest BCUT2D eigenvalue weighted by molar-refractivity contribution is -0.144. The molecule has 0 heterocycles. The van der Waals surface area contributed by atoms with Gasteiger partial charge in [-0.15, -0.1) is 0 Å². The summed E-state index contributed by atoms with van der Waals surface area (Å²) >= 11 is 0. The van der Waals surface area contributed by atoms with Crippen molar-refractivity contribution in [3.05, 3.63) is 0 Å². The van der Waals surface area contributed by atoms with E-state index in [9.17, 15) is 4.79 Å². The molecule has 80 valence electrons. The van der Waals surface area contributed by atoms with Gasteiger partial charge in [0, 0.05) is 0 Å². The van der Waals surface area contributed by atoms with Crippen molar-refractivity contribution in [3.63, 3.8) is 0 Å². The van der Waals surface area contributed by atoms with Gasteiger partial charge in [-0.25, -0.2) is 0 Å². The maximum absolute atomic E-state index is 11.2. The van der Waals surface area contributed by atoms with Gasteiger partial charge in [-0.3, -0.25) is 4.79 Å². The molecule has 0 aliphatic rings. The van der Waals surface area contributed by atoms with Crippen molar-refractivity contribution in [2.24, 2.45) is 11.8 Å². The summed E-state index contributed by atoms with van der Waals surface area (Å²) in [6.45, 7) is 6.25. The van der Waals surface area contributed by atoms with E-state index in [0.717, 1.165) is 12.8 Å². The molecule has 0 aliphatic carbocycles. The van der Waals surface area contributed by atoms with E-state index < -0.39 is 0 Å². The second-order valence-corrected chi connectivity index (χ2v) is 3.32. The smallest absolute Gasteiger partial charge is 0.307 e. The van der Waals surface area contributed by atoms with Gasteiger partial charge in [0.05, 0.1) is 25.0 Å². The molecule has 0 aromatic carbocycles. The Labute approximate surface area is 86.1 Å². The van der Waals surface area contributed by atoms with Crippen LogP contribution in [0.5, 0.6) is 0 Å². The molecule has 0 saturated heterocycles. The van der Waals surface area contributed by atoms with Crippen LogP contribution in [0.2, 0.25) is 0 Å². The van der Waals surface area contributed by atoms with Crippen LogP contribution in [0.4, 0.5) is 0 Å². The summed E-state index contributed by atoms with van der Waals surface area (Å²) in [7, 11) is 0. The number of hydrogen-bond donors (Lipinski definition) is 0. The Morgan fingerprint density at radius 3 is 2.29 bits per heavy atom. The lowest BCUT2D eigenvalue weighted by Crippen LogP contribution is -2.17. The first kappa shape index (κ1) is 13.0. The largest absolute Gasteiger partial charge is 0.466 e. The molecule has 1 atom stereocenters. The van der Waals surface area contributed by atoms with E-state index in [0.29, 0.717) is 12.5 Å². The SMILES string of the molecule is CCOC(=O)CC(C#N)C(CC)CC. The zero-order valence-corrected chi connectivity index (χ0v) is 9.25. The number of nitrogens with zero attached hydrogens (tertiary/aromatic N) is 1. The Balaban J connectivity index is 4.15. The molecule has 14 heavy (non-hydrogen) atoms. The number of esters is 1. The second kappa shape index (κ2) is 7.37. The molecule has 0 rings (SSSR count). The van der Waals surface area contributed by atoms with Gasteiger partial charge in [0.2, 0.25) is 0 Å². The lowest BCUT2D eigenvalue weighted by Gasteiger charge is -2.17. The Hall–Kier alpha value is -1.04. The van der Waals surface area contributed by atoms with Gasteiger partial charge < -0.3 is 4.74 Å². The second-order valence-electron chi connectivity index (χ2n) is 3.32. The average molecular weight is 197 g/mol. The van der Waals surface area contributed by atoms with Crippen LogP contribution in [0.1, 0.15) is 40.0 Å². The van der Waals surface area contributed by atoms with Crippen LogP contribution < -0.4 is 0 Å². The van der Waals surface area contributed by atoms with Crippen molar-refractivity contribution in [3.8, 4) is 6.07 Å². The predicted octanol–water partition coefficient (Wildman–Crippen LogP) is 2.52. The van der Waals surface area contributed by atoms with Gasteiger partial charge in [-0.2, -0.15) is 5.26 Å². The molecule has 1 unspecified atom stereocenters. The Bertz CT molecular complexity index is 204. The van der Waals surface area contributed by atoms with E-state index in [1.807, 2.05) is 13.8 Å². The summed E-state index contributed by atoms with van der Waals surface area (Å²) in [4.78, 5) is 11.2. The third kappa shape index (κ3) is 4.27. The van der Waals surface area contributed by atoms with Crippen molar-refractivity contribution < 1.29 is 9.53 Å². The summed E-state index contributed by atoms with van der Waals surface area (Å²) < 4.78 is 4.82. The fourth-order valence-electron chi connectivity index (χ4n) is 1.57. The fourth-order valence-corrected chi connectivity index (χ4v) is 1.57. The Morgan fingerprint density at radius 1 is 1.36 bits per heavy atom. The van der Waals surface area contributed by atoms with Gasteiger partial charge in [0.1, 0.15) is 0 Å². The first-order valence-corrected chi connectivity index (χ1v) is 5.24. The molecule has 0 N–H and O–H groups in total. The first-order chi connectivity index (χ1) is 6.69. The van der Waals surface area contributed by atoms with Crippen LogP contribution >= 0.6 is 0 Å². The summed E-state index contributed by atoms with van der Waals surface area (Å²) in [5.74, 6) is -0.139. The van der Waals surface area contributed by atoms with E-state index >= 15 is 0 Å². The molecular weight excluding hydrogens is 178 g/mol. The van der Waals surface area contributed by atoms with Crippen LogP contribution in [0.25, 0.3) is 0 Å². The highest BCUT2D eigenvalue weighted by atomic mass is 16.5. The van der Waals surface area contributed by atoms with Crippen molar-refractivity contribution in [2.45, 2.75) is 40.0 Å². The number of rotatable bonds is 6. The molecule has 0 bridgehead atoms. The van der Waals surface area contributed by atoms with Crippen LogP contribution in [0, 0.1) is 23.2 Å². The lowest BCUT2D eigenvalue weighted by atomic mass is 9.87. The zero-order chi connectivity index (χ0) is 11.0. The van der Waals surface area contributed by atoms with E-state index in [-0.39, 0.29) is 18.3 Å². The maximum atomic E-state index is 11.2. The quantitative estimate of drug-likeness (QED) is 0.615. The molecule has 0 radical (unpaired) electrons. The van der Waals surface area contributed by atoms with Gasteiger partial charge in [0.25, 0.3) is 0 Å². The minimum Gasteiger partial charge on any atom is -0.466 e. The monoisotopic (exact) mass is 197 g/mol. The number of nitriles is 1. The van der Waals surface area contributed by atoms with Gasteiger partial charge >= 0.3 is 5.97 Å². The molecule has 0 amide bonds. The van der Waals surface area contributed by atoms with Crippen molar-refractivity contribution in [2.75, 3.05) is 6.61 Å². The highest BCUT2D eigenvalue weighted by Crippen LogP contribution is 2.22. The highest BCUT2D eigenvalue weighted by molar-refractivity contribution is 5.70. The summed E-state index contributed by atoms with van der Waals surface area (Å²) in [6.07, 6.45) is 2.11. The molecule has 3 nitrogen and oxygen atoms in total. The topological polar surface area (TPSA) is 50.1 Å². The van der Waals surface area contributed by atoms with Gasteiger partial charge in [0.15, 0.2) is 0 Å². The van der Waals surface area contributed by atoms with Gasteiger partial charge in [-0.1, -0.05) is 26.7 Å². The number of hydrogen-bond acceptors (Lipinski definition) is 3. The number of carbonyl (C=O) groups is 1. The number of ether oxygens (including phenoxy) is 1. The third-order valence-corrected chi connectivity index (χ3v) is 2.48. The third-order valence-electron chi connectivity index (χ3n) is 2.48. The van der Waals surface area contributed by atoms with E-state index in [2.05, 4.69) is 6.07 Å². The molecule has 0 aromatic heterocycles. The molecule has 0 aliphatic heterocycles. The van der Waals surface area contributed by atoms with Crippen LogP contribution in [0.3, 0.4) is 0 Å². The molecule has 0 saturated carbocycles. The number of carbonyl (C=O) groups excluding carboxylic acids is 1. The standard InChI is InChI=1S/C11H19NO2/c1-4-9(5-2)10(8-12)7-11(13)14-6-3/h9-10H,4-7H2,1-3H3. The van der Waals surface area contributed by atoms with Gasteiger partial charge in [-0.05, 0) is 12.8 Å². The zero-order valence-electron chi connectivity index (χ0n) is 9.25. The summed E-state index contributed by atoms with van der Waals surface area (Å²) in [6, 6.07) is 2.19. The molecule has 0 spiro atoms. The van der Waals surface area contributed by atoms with Crippen LogP contribution in [-0.4, -0.2) is 12.6 Å². The van der Waals surface area contributed by atoms with Crippen LogP contribution in [0.15, 0.2) is 0 Å². The Morgan fingerprint density at radius 2 is 1.93 bits per heavy atom. The fraction of sp³-hybridized carbons (Fsp3) is 0.818. The average Bonchev–Trinajstić information content (AvgIpc) is 2.18. The normalized spacial score (nSPS) is 12.2. The summed E-state index contributed by atoms with van der Waals surface area (Å²) in [5.41, 5.74) is 0. The Kier molecular flexibility index (Phi) is 6.82. The van der Waals surface area contributed by atoms with Crippen LogP contribution in [-0.2, 0) is 9.53 Å². The minimum absolute atomic E-state index is 0.191. The van der Waals surface area contributed by atoms with Crippen molar-refractivity contribution in [1.82, 2.24) is 0 Å². The highest BCUT2D eigenvalue weighted by Gasteiger charge is 2.21. The molecule has 0 fully saturated rings. The minimum atomic E-state index is -0.258. The molecule has 0 aromatic rings. The van der Waals surface area contributed by atoms with E-state index in [1.165, 1.54) is 0 Å². The molecular formula is C11H19NO2. The van der Waals surface area contributed by atoms with E-state index in [4.69, 9.17) is 10.00 Å². The van der Waals surface area contributed by atoms with Crippen molar-refractivity contribution >= 4 is 5.97 Å². The van der Waals surface area contributed by atoms with E-state index in [1.54, 1.807) is 6.92 Å². The van der Waals surface area contributed by atoms with Crippen molar-refractivity contribution in [1.29, 1.82) is 5.26 Å². The predicted molar refractivity (Wildman–Crippen MR) is 54.4 cm³/mol.